The average molecular weight is 1070 g/mol. The SMILES string of the molecule is CN(C)CCN1CC2=C(C1=O)[C@@H](c1ccc(C#N)cc1)N(CCCN(C)CCCN1C(=O)N(c3cccc(C(F)(F)F)c3)C3=C(C(=O)N(CC[N+](C)(C)C)C3)[C@H]1c1ccc(C#N)cc1)C(=O)N2c1cccc(C(F)(F)F)c1. The van der Waals surface area contributed by atoms with Crippen LogP contribution < -0.4 is 9.80 Å². The topological polar surface area (TPSA) is 142 Å². The number of quaternary nitrogens is 1. The first kappa shape index (κ1) is 55.5. The van der Waals surface area contributed by atoms with Crippen molar-refractivity contribution in [1.82, 2.24) is 29.4 Å². The third-order valence-electron chi connectivity index (χ3n) is 14.2. The van der Waals surface area contributed by atoms with Gasteiger partial charge < -0.3 is 33.9 Å². The number of halogens is 6. The molecule has 404 valence electrons. The third-order valence-corrected chi connectivity index (χ3v) is 14.2. The fourth-order valence-electron chi connectivity index (χ4n) is 10.2. The summed E-state index contributed by atoms with van der Waals surface area (Å²) in [5.74, 6) is -0.740. The third kappa shape index (κ3) is 11.8. The van der Waals surface area contributed by atoms with Crippen LogP contribution in [0.15, 0.2) is 120 Å². The van der Waals surface area contributed by atoms with Crippen molar-refractivity contribution in [1.29, 1.82) is 10.5 Å². The molecule has 0 N–H and O–H groups in total. The van der Waals surface area contributed by atoms with Gasteiger partial charge in [-0.15, -0.1) is 0 Å². The molecule has 15 nitrogen and oxygen atoms in total. The van der Waals surface area contributed by atoms with E-state index < -0.39 is 47.6 Å². The van der Waals surface area contributed by atoms with Crippen molar-refractivity contribution in [2.45, 2.75) is 37.3 Å². The first-order chi connectivity index (χ1) is 36.4. The second kappa shape index (κ2) is 22.1. The standard InChI is InChI=1S/C56H60F6N11O4/c1-65(2)27-28-67-35-45-47(51(67)74)49(39-19-15-37(33-63)16-20-39)69(53(76)71(45)43-13-7-11-41(31-43)55(57,58)59)25-9-23-66(3)24-10-26-70-50(40-21-17-38(34-64)18-22-40)48-46(36-68(52(48)75)29-30-73(4,5)6)72(54(70)77)44-14-8-12-42(32-44)56(60,61)62/h7-8,11-22,31-32,49-50H,9-10,23-30,35-36H2,1-6H3/q+1/t49-,50-/m1/s1. The van der Waals surface area contributed by atoms with E-state index in [1.807, 2.05) is 52.1 Å². The van der Waals surface area contributed by atoms with Gasteiger partial charge in [0.2, 0.25) is 0 Å². The maximum Gasteiger partial charge on any atom is 0.416 e. The molecule has 0 unspecified atom stereocenters. The summed E-state index contributed by atoms with van der Waals surface area (Å²) in [6.45, 7) is 2.31. The Balaban J connectivity index is 1.07. The molecule has 0 aromatic heterocycles. The summed E-state index contributed by atoms with van der Waals surface area (Å²) in [7, 11) is 11.4. The highest BCUT2D eigenvalue weighted by molar-refractivity contribution is 6.08. The number of carbonyl (C=O) groups excluding carboxylic acids is 4. The van der Waals surface area contributed by atoms with Crippen molar-refractivity contribution in [3.63, 3.8) is 0 Å². The summed E-state index contributed by atoms with van der Waals surface area (Å²) in [6.07, 6.45) is -8.83. The van der Waals surface area contributed by atoms with Gasteiger partial charge in [-0.1, -0.05) is 36.4 Å². The van der Waals surface area contributed by atoms with Crippen LogP contribution in [0.2, 0.25) is 0 Å². The van der Waals surface area contributed by atoms with Crippen molar-refractivity contribution in [2.75, 3.05) is 118 Å². The van der Waals surface area contributed by atoms with Gasteiger partial charge >= 0.3 is 24.4 Å². The lowest BCUT2D eigenvalue weighted by molar-refractivity contribution is -0.869. The molecule has 0 saturated heterocycles. The minimum Gasteiger partial charge on any atom is -0.332 e. The number of likely N-dealkylation sites (N-methyl/N-ethyl adjacent to an activating group) is 2. The minimum absolute atomic E-state index is 0.0236. The van der Waals surface area contributed by atoms with Crippen molar-refractivity contribution >= 4 is 35.3 Å². The summed E-state index contributed by atoms with van der Waals surface area (Å²) in [6, 6.07) is 22.8. The number of nitrogens with zero attached hydrogens (tertiary/aromatic N) is 11. The maximum absolute atomic E-state index is 15.1. The Kier molecular flexibility index (Phi) is 15.9. The number of hydrogen-bond donors (Lipinski definition) is 0. The quantitative estimate of drug-likeness (QED) is 0.0716. The van der Waals surface area contributed by atoms with E-state index in [4.69, 9.17) is 0 Å². The molecule has 4 aromatic rings. The van der Waals surface area contributed by atoms with Crippen molar-refractivity contribution < 1.29 is 50.0 Å². The lowest BCUT2D eigenvalue weighted by Gasteiger charge is -2.42. The van der Waals surface area contributed by atoms with Crippen LogP contribution >= 0.6 is 0 Å². The molecule has 4 aliphatic heterocycles. The van der Waals surface area contributed by atoms with Crippen LogP contribution in [-0.4, -0.2) is 165 Å². The Hall–Kier alpha value is -7.72. The van der Waals surface area contributed by atoms with Gasteiger partial charge in [0.1, 0.15) is 0 Å². The average Bonchev–Trinajstić information content (AvgIpc) is 4.17. The van der Waals surface area contributed by atoms with Crippen LogP contribution in [0.5, 0.6) is 0 Å². The van der Waals surface area contributed by atoms with Crippen LogP contribution in [0.1, 0.15) is 58.3 Å². The predicted molar refractivity (Wildman–Crippen MR) is 275 cm³/mol. The Morgan fingerprint density at radius 2 is 0.974 bits per heavy atom. The van der Waals surface area contributed by atoms with E-state index in [9.17, 15) is 46.5 Å². The highest BCUT2D eigenvalue weighted by atomic mass is 19.4. The zero-order valence-electron chi connectivity index (χ0n) is 43.7. The van der Waals surface area contributed by atoms with Crippen LogP contribution in [-0.2, 0) is 21.9 Å². The zero-order chi connectivity index (χ0) is 55.7. The number of urea groups is 2. The van der Waals surface area contributed by atoms with E-state index in [0.29, 0.717) is 72.3 Å². The first-order valence-electron chi connectivity index (χ1n) is 25.1. The van der Waals surface area contributed by atoms with Crippen LogP contribution in [0, 0.1) is 22.7 Å². The fraction of sp³-hybridized carbons (Fsp3) is 0.393. The molecule has 0 saturated carbocycles. The van der Waals surface area contributed by atoms with Crippen LogP contribution in [0.25, 0.3) is 0 Å². The van der Waals surface area contributed by atoms with E-state index in [1.54, 1.807) is 58.3 Å². The molecule has 4 heterocycles. The number of carbonyl (C=O) groups is 4. The largest absolute Gasteiger partial charge is 0.416 e. The normalized spacial score (nSPS) is 18.3. The molecule has 4 aromatic carbocycles. The van der Waals surface area contributed by atoms with Crippen LogP contribution in [0.4, 0.5) is 47.3 Å². The molecule has 77 heavy (non-hydrogen) atoms. The zero-order valence-corrected chi connectivity index (χ0v) is 43.7. The summed E-state index contributed by atoms with van der Waals surface area (Å²) >= 11 is 0. The van der Waals surface area contributed by atoms with E-state index in [1.165, 1.54) is 43.9 Å². The molecular formula is C56H60F6N11O4+. The number of anilines is 2. The number of benzene rings is 4. The van der Waals surface area contributed by atoms with Gasteiger partial charge in [-0.3, -0.25) is 19.4 Å². The maximum atomic E-state index is 15.1. The van der Waals surface area contributed by atoms with E-state index in [2.05, 4.69) is 12.1 Å². The minimum atomic E-state index is -4.72. The van der Waals surface area contributed by atoms with Gasteiger partial charge in [-0.05, 0) is 119 Å². The molecule has 8 rings (SSSR count). The molecule has 0 spiro atoms. The molecule has 0 aliphatic carbocycles. The lowest BCUT2D eigenvalue weighted by atomic mass is 9.92. The smallest absolute Gasteiger partial charge is 0.332 e. The van der Waals surface area contributed by atoms with Gasteiger partial charge in [0, 0.05) is 26.2 Å². The molecule has 0 radical (unpaired) electrons. The van der Waals surface area contributed by atoms with E-state index in [-0.39, 0.29) is 78.5 Å². The number of rotatable bonds is 18. The summed E-state index contributed by atoms with van der Waals surface area (Å²) in [5, 5.41) is 19.3. The molecule has 0 bridgehead atoms. The monoisotopic (exact) mass is 1060 g/mol. The van der Waals surface area contributed by atoms with Gasteiger partial charge in [0.15, 0.2) is 0 Å². The molecule has 6 amide bonds. The molecular weight excluding hydrogens is 1000 g/mol. The molecule has 21 heteroatoms. The highest BCUT2D eigenvalue weighted by Gasteiger charge is 2.51. The first-order valence-corrected chi connectivity index (χ1v) is 25.1. The fourth-order valence-corrected chi connectivity index (χ4v) is 10.2. The van der Waals surface area contributed by atoms with E-state index >= 15 is 9.59 Å². The number of nitriles is 2. The Labute approximate surface area is 443 Å². The van der Waals surface area contributed by atoms with Crippen molar-refractivity contribution in [3.8, 4) is 12.1 Å². The van der Waals surface area contributed by atoms with Gasteiger partial charge in [-0.25, -0.2) is 9.59 Å². The van der Waals surface area contributed by atoms with Gasteiger partial charge in [0.25, 0.3) is 11.8 Å². The highest BCUT2D eigenvalue weighted by Crippen LogP contribution is 2.46. The second-order valence-electron chi connectivity index (χ2n) is 21.0. The summed E-state index contributed by atoms with van der Waals surface area (Å²) in [4.78, 5) is 71.7. The number of amides is 6. The van der Waals surface area contributed by atoms with Crippen molar-refractivity contribution in [3.05, 3.63) is 153 Å². The molecule has 4 aliphatic rings. The number of hydrogen-bond acceptors (Lipinski definition) is 8. The summed E-state index contributed by atoms with van der Waals surface area (Å²) in [5.41, 5.74) is 0.706. The van der Waals surface area contributed by atoms with Crippen LogP contribution in [0.3, 0.4) is 0 Å². The summed E-state index contributed by atoms with van der Waals surface area (Å²) < 4.78 is 85.6. The Bertz CT molecular complexity index is 3060. The second-order valence-corrected chi connectivity index (χ2v) is 21.0. The molecule has 2 atom stereocenters. The lowest BCUT2D eigenvalue weighted by Crippen LogP contribution is -2.51. The van der Waals surface area contributed by atoms with E-state index in [0.717, 1.165) is 24.3 Å². The Morgan fingerprint density at radius 3 is 1.34 bits per heavy atom. The number of alkyl halides is 6. The van der Waals surface area contributed by atoms with Gasteiger partial charge in [-0.2, -0.15) is 36.9 Å². The predicted octanol–water partition coefficient (Wildman–Crippen LogP) is 8.31. The Morgan fingerprint density at radius 1 is 0.571 bits per heavy atom. The van der Waals surface area contributed by atoms with Crippen molar-refractivity contribution in [2.24, 2.45) is 0 Å². The molecule has 0 fully saturated rings. The van der Waals surface area contributed by atoms with Gasteiger partial charge in [0.05, 0.1) is 128 Å².